The zero-order chi connectivity index (χ0) is 13.5. The van der Waals surface area contributed by atoms with Crippen molar-refractivity contribution >= 4 is 20.9 Å². The fourth-order valence-electron chi connectivity index (χ4n) is 2.43. The summed E-state index contributed by atoms with van der Waals surface area (Å²) in [6, 6.07) is 5.68. The van der Waals surface area contributed by atoms with E-state index in [-0.39, 0.29) is 17.5 Å². The Morgan fingerprint density at radius 2 is 2.32 bits per heavy atom. The topological polar surface area (TPSA) is 72.2 Å². The molecular weight excluding hydrogens is 264 g/mol. The van der Waals surface area contributed by atoms with E-state index in [1.165, 1.54) is 0 Å². The first-order valence-electron chi connectivity index (χ1n) is 6.32. The van der Waals surface area contributed by atoms with Crippen molar-refractivity contribution < 1.29 is 12.8 Å². The molecule has 102 valence electrons. The largest absolute Gasteiger partial charge is 0.441 e. The molecule has 5 nitrogen and oxygen atoms in total. The molecule has 0 amide bonds. The van der Waals surface area contributed by atoms with Crippen molar-refractivity contribution in [1.82, 2.24) is 10.3 Å². The molecule has 0 spiro atoms. The minimum atomic E-state index is -2.92. The zero-order valence-corrected chi connectivity index (χ0v) is 11.5. The van der Waals surface area contributed by atoms with Gasteiger partial charge in [0.25, 0.3) is 0 Å². The number of nitrogens with zero attached hydrogens (tertiary/aromatic N) is 1. The van der Waals surface area contributed by atoms with Crippen molar-refractivity contribution in [1.29, 1.82) is 0 Å². The van der Waals surface area contributed by atoms with Crippen LogP contribution in [0.2, 0.25) is 0 Å². The van der Waals surface area contributed by atoms with Gasteiger partial charge in [-0.15, -0.1) is 0 Å². The third kappa shape index (κ3) is 2.64. The molecule has 1 unspecified atom stereocenters. The van der Waals surface area contributed by atoms with Gasteiger partial charge in [0.05, 0.1) is 11.5 Å². The third-order valence-electron chi connectivity index (χ3n) is 3.39. The number of hydrogen-bond acceptors (Lipinski definition) is 5. The summed E-state index contributed by atoms with van der Waals surface area (Å²) in [5.74, 6) is 0.972. The van der Waals surface area contributed by atoms with Crippen LogP contribution in [0.1, 0.15) is 11.5 Å². The quantitative estimate of drug-likeness (QED) is 0.890. The van der Waals surface area contributed by atoms with Crippen LogP contribution in [0, 0.1) is 6.92 Å². The normalized spacial score (nSPS) is 22.7. The Labute approximate surface area is 111 Å². The van der Waals surface area contributed by atoms with Gasteiger partial charge < -0.3 is 9.73 Å². The highest BCUT2D eigenvalue weighted by Crippen LogP contribution is 2.20. The zero-order valence-electron chi connectivity index (χ0n) is 10.7. The molecule has 1 aliphatic rings. The van der Waals surface area contributed by atoms with E-state index in [1.54, 1.807) is 0 Å². The van der Waals surface area contributed by atoms with Crippen LogP contribution in [-0.4, -0.2) is 37.5 Å². The number of para-hydroxylation sites is 1. The van der Waals surface area contributed by atoms with E-state index in [0.717, 1.165) is 16.7 Å². The molecule has 1 saturated heterocycles. The molecular formula is C13H16N2O3S. The average Bonchev–Trinajstić information content (AvgIpc) is 2.71. The van der Waals surface area contributed by atoms with Gasteiger partial charge in [0.15, 0.2) is 21.3 Å². The monoisotopic (exact) mass is 280 g/mol. The van der Waals surface area contributed by atoms with Crippen molar-refractivity contribution in [3.63, 3.8) is 0 Å². The number of aryl methyl sites for hydroxylation is 1. The first kappa shape index (κ1) is 12.6. The maximum absolute atomic E-state index is 11.6. The highest BCUT2D eigenvalue weighted by molar-refractivity contribution is 7.91. The van der Waals surface area contributed by atoms with Gasteiger partial charge in [0.1, 0.15) is 5.52 Å². The highest BCUT2D eigenvalue weighted by Gasteiger charge is 2.25. The fraction of sp³-hybridized carbons (Fsp3) is 0.462. The van der Waals surface area contributed by atoms with Crippen LogP contribution in [0.4, 0.5) is 0 Å². The molecule has 0 bridgehead atoms. The van der Waals surface area contributed by atoms with Crippen LogP contribution in [0.3, 0.4) is 0 Å². The van der Waals surface area contributed by atoms with Crippen LogP contribution < -0.4 is 5.32 Å². The van der Waals surface area contributed by atoms with Gasteiger partial charge in [0, 0.05) is 19.0 Å². The second kappa shape index (κ2) is 4.61. The van der Waals surface area contributed by atoms with Gasteiger partial charge in [-0.2, -0.15) is 0 Å². The van der Waals surface area contributed by atoms with E-state index in [1.807, 2.05) is 25.1 Å². The van der Waals surface area contributed by atoms with E-state index in [0.29, 0.717) is 18.9 Å². The van der Waals surface area contributed by atoms with Crippen LogP contribution >= 0.6 is 0 Å². The second-order valence-electron chi connectivity index (χ2n) is 5.00. The molecule has 1 atom stereocenters. The molecule has 19 heavy (non-hydrogen) atoms. The summed E-state index contributed by atoms with van der Waals surface area (Å²) in [4.78, 5) is 4.45. The maximum Gasteiger partial charge on any atom is 0.197 e. The minimum Gasteiger partial charge on any atom is -0.441 e. The van der Waals surface area contributed by atoms with Crippen molar-refractivity contribution in [2.24, 2.45) is 0 Å². The van der Waals surface area contributed by atoms with E-state index in [2.05, 4.69) is 10.3 Å². The standard InChI is InChI=1S/C13H16N2O3S/c1-9-3-2-4-11-13(9)15-12(18-11)7-10-8-19(16,17)6-5-14-10/h2-4,10,14H,5-8H2,1H3. The van der Waals surface area contributed by atoms with Crippen molar-refractivity contribution in [3.05, 3.63) is 29.7 Å². The molecule has 0 radical (unpaired) electrons. The molecule has 2 heterocycles. The summed E-state index contributed by atoms with van der Waals surface area (Å²) >= 11 is 0. The Morgan fingerprint density at radius 3 is 3.05 bits per heavy atom. The minimum absolute atomic E-state index is 0.105. The summed E-state index contributed by atoms with van der Waals surface area (Å²) in [5.41, 5.74) is 2.68. The van der Waals surface area contributed by atoms with Crippen molar-refractivity contribution in [3.8, 4) is 0 Å². The summed E-state index contributed by atoms with van der Waals surface area (Å²) in [6.45, 7) is 2.49. The number of aromatic nitrogens is 1. The SMILES string of the molecule is Cc1cccc2oc(CC3CS(=O)(=O)CCN3)nc12. The van der Waals surface area contributed by atoms with Gasteiger partial charge in [-0.25, -0.2) is 13.4 Å². The summed E-state index contributed by atoms with van der Waals surface area (Å²) < 4.78 is 28.8. The first-order valence-corrected chi connectivity index (χ1v) is 8.14. The summed E-state index contributed by atoms with van der Waals surface area (Å²) in [5, 5.41) is 3.20. The number of rotatable bonds is 2. The van der Waals surface area contributed by atoms with Gasteiger partial charge >= 0.3 is 0 Å². The number of fused-ring (bicyclic) bond motifs is 1. The number of oxazole rings is 1. The Morgan fingerprint density at radius 1 is 1.47 bits per heavy atom. The lowest BCUT2D eigenvalue weighted by Gasteiger charge is -2.22. The molecule has 1 aromatic carbocycles. The lowest BCUT2D eigenvalue weighted by molar-refractivity contribution is 0.457. The van der Waals surface area contributed by atoms with Crippen molar-refractivity contribution in [2.75, 3.05) is 18.1 Å². The van der Waals surface area contributed by atoms with Crippen LogP contribution in [0.5, 0.6) is 0 Å². The molecule has 0 aliphatic carbocycles. The Balaban J connectivity index is 1.84. The third-order valence-corrected chi connectivity index (χ3v) is 5.12. The molecule has 1 fully saturated rings. The van der Waals surface area contributed by atoms with Gasteiger partial charge in [-0.05, 0) is 18.6 Å². The molecule has 1 aliphatic heterocycles. The van der Waals surface area contributed by atoms with Crippen LogP contribution in [0.25, 0.3) is 11.1 Å². The van der Waals surface area contributed by atoms with Gasteiger partial charge in [0.2, 0.25) is 0 Å². The second-order valence-corrected chi connectivity index (χ2v) is 7.23. The van der Waals surface area contributed by atoms with E-state index < -0.39 is 9.84 Å². The number of hydrogen-bond donors (Lipinski definition) is 1. The Kier molecular flexibility index (Phi) is 3.06. The number of nitrogens with one attached hydrogen (secondary N) is 1. The van der Waals surface area contributed by atoms with Gasteiger partial charge in [-0.3, -0.25) is 0 Å². The molecule has 6 heteroatoms. The van der Waals surface area contributed by atoms with E-state index >= 15 is 0 Å². The lowest BCUT2D eigenvalue weighted by Crippen LogP contribution is -2.46. The van der Waals surface area contributed by atoms with E-state index in [9.17, 15) is 8.42 Å². The Hall–Kier alpha value is -1.40. The smallest absolute Gasteiger partial charge is 0.197 e. The molecule has 3 rings (SSSR count). The molecule has 1 N–H and O–H groups in total. The predicted octanol–water partition coefficient (Wildman–Crippen LogP) is 1.07. The number of benzene rings is 1. The molecule has 1 aromatic heterocycles. The van der Waals surface area contributed by atoms with Crippen LogP contribution in [0.15, 0.2) is 22.6 Å². The first-order chi connectivity index (χ1) is 9.03. The lowest BCUT2D eigenvalue weighted by atomic mass is 10.2. The molecule has 2 aromatic rings. The Bertz CT molecular complexity index is 706. The summed E-state index contributed by atoms with van der Waals surface area (Å²) in [7, 11) is -2.92. The highest BCUT2D eigenvalue weighted by atomic mass is 32.2. The maximum atomic E-state index is 11.6. The van der Waals surface area contributed by atoms with E-state index in [4.69, 9.17) is 4.42 Å². The fourth-order valence-corrected chi connectivity index (χ4v) is 3.87. The number of sulfone groups is 1. The average molecular weight is 280 g/mol. The van der Waals surface area contributed by atoms with Crippen LogP contribution in [-0.2, 0) is 16.3 Å². The van der Waals surface area contributed by atoms with Crippen molar-refractivity contribution in [2.45, 2.75) is 19.4 Å². The predicted molar refractivity (Wildman–Crippen MR) is 72.9 cm³/mol. The molecule has 0 saturated carbocycles. The van der Waals surface area contributed by atoms with Gasteiger partial charge in [-0.1, -0.05) is 12.1 Å². The summed E-state index contributed by atoms with van der Waals surface area (Å²) in [6.07, 6.45) is 0.507.